The van der Waals surface area contributed by atoms with Gasteiger partial charge in [0.25, 0.3) is 5.91 Å². The smallest absolute Gasteiger partial charge is 0.267 e. The summed E-state index contributed by atoms with van der Waals surface area (Å²) < 4.78 is 13.3. The van der Waals surface area contributed by atoms with Gasteiger partial charge in [0.1, 0.15) is 15.5 Å². The largest absolute Gasteiger partial charge is 0.397 e. The lowest BCUT2D eigenvalue weighted by Gasteiger charge is -2.05. The van der Waals surface area contributed by atoms with Crippen LogP contribution >= 0.6 is 34.5 Å². The van der Waals surface area contributed by atoms with E-state index in [1.54, 1.807) is 12.1 Å². The van der Waals surface area contributed by atoms with Crippen LogP contribution in [0.3, 0.4) is 0 Å². The minimum atomic E-state index is -0.556. The van der Waals surface area contributed by atoms with Crippen molar-refractivity contribution in [2.45, 2.75) is 0 Å². The summed E-state index contributed by atoms with van der Waals surface area (Å²) in [7, 11) is 0. The summed E-state index contributed by atoms with van der Waals surface area (Å²) in [5, 5.41) is 3.95. The predicted molar refractivity (Wildman–Crippen MR) is 114 cm³/mol. The second-order valence-corrected chi connectivity index (χ2v) is 7.83. The highest BCUT2D eigenvalue weighted by Gasteiger charge is 2.18. The zero-order valence-electron chi connectivity index (χ0n) is 14.2. The molecular weight excluding hydrogens is 420 g/mol. The first-order valence-corrected chi connectivity index (χ1v) is 9.71. The summed E-state index contributed by atoms with van der Waals surface area (Å²) in [6.45, 7) is 0. The number of nitrogen functional groups attached to an aromatic ring is 1. The molecule has 0 spiro atoms. The molecule has 3 N–H and O–H groups in total. The molecule has 1 amide bonds. The zero-order valence-corrected chi connectivity index (χ0v) is 16.5. The van der Waals surface area contributed by atoms with Gasteiger partial charge in [-0.25, -0.2) is 9.37 Å². The van der Waals surface area contributed by atoms with Crippen molar-refractivity contribution in [1.29, 1.82) is 0 Å². The van der Waals surface area contributed by atoms with Crippen LogP contribution in [0, 0.1) is 5.82 Å². The van der Waals surface area contributed by atoms with E-state index in [0.717, 1.165) is 11.3 Å². The van der Waals surface area contributed by atoms with Crippen LogP contribution in [0.15, 0.2) is 54.6 Å². The zero-order chi connectivity index (χ0) is 19.8. The van der Waals surface area contributed by atoms with E-state index in [1.807, 2.05) is 24.3 Å². The van der Waals surface area contributed by atoms with Gasteiger partial charge in [-0.2, -0.15) is 0 Å². The van der Waals surface area contributed by atoms with Gasteiger partial charge in [-0.05, 0) is 42.5 Å². The van der Waals surface area contributed by atoms with Crippen molar-refractivity contribution in [1.82, 2.24) is 4.98 Å². The van der Waals surface area contributed by atoms with Crippen LogP contribution in [-0.4, -0.2) is 10.9 Å². The fourth-order valence-corrected chi connectivity index (χ4v) is 4.00. The van der Waals surface area contributed by atoms with Crippen LogP contribution in [0.2, 0.25) is 10.0 Å². The summed E-state index contributed by atoms with van der Waals surface area (Å²) in [5.41, 5.74) is 8.55. The van der Waals surface area contributed by atoms with Gasteiger partial charge in [0.2, 0.25) is 0 Å². The summed E-state index contributed by atoms with van der Waals surface area (Å²) in [4.78, 5) is 18.2. The molecule has 4 rings (SSSR count). The highest BCUT2D eigenvalue weighted by molar-refractivity contribution is 7.21. The third kappa shape index (κ3) is 3.54. The number of nitrogens with two attached hydrogens (primary N) is 1. The Bertz CT molecular complexity index is 1210. The molecule has 0 saturated heterocycles. The quantitative estimate of drug-likeness (QED) is 0.403. The SMILES string of the molecule is Nc1c(C(=O)Nc2ccc(F)c(Cl)c2)sc2nc(-c3ccc(Cl)cc3)ccc12. The Morgan fingerprint density at radius 1 is 1.07 bits per heavy atom. The van der Waals surface area contributed by atoms with Crippen molar-refractivity contribution in [2.75, 3.05) is 11.1 Å². The van der Waals surface area contributed by atoms with Crippen LogP contribution < -0.4 is 11.1 Å². The number of nitrogens with zero attached hydrogens (tertiary/aromatic N) is 1. The molecular formula is C20H12Cl2FN3OS. The van der Waals surface area contributed by atoms with Crippen molar-refractivity contribution in [3.05, 3.63) is 75.3 Å². The highest BCUT2D eigenvalue weighted by atomic mass is 35.5. The Morgan fingerprint density at radius 2 is 1.82 bits per heavy atom. The Balaban J connectivity index is 1.67. The number of carbonyl (C=O) groups is 1. The average Bonchev–Trinajstić information content (AvgIpc) is 3.01. The van der Waals surface area contributed by atoms with Crippen molar-refractivity contribution < 1.29 is 9.18 Å². The molecule has 0 saturated carbocycles. The summed E-state index contributed by atoms with van der Waals surface area (Å²) in [6.07, 6.45) is 0. The second kappa shape index (κ2) is 7.39. The number of aromatic nitrogens is 1. The van der Waals surface area contributed by atoms with E-state index in [9.17, 15) is 9.18 Å². The first-order chi connectivity index (χ1) is 13.4. The number of pyridine rings is 1. The van der Waals surface area contributed by atoms with Gasteiger partial charge in [-0.1, -0.05) is 35.3 Å². The molecule has 0 fully saturated rings. The maximum absolute atomic E-state index is 13.3. The van der Waals surface area contributed by atoms with E-state index >= 15 is 0 Å². The van der Waals surface area contributed by atoms with Crippen molar-refractivity contribution in [3.8, 4) is 11.3 Å². The summed E-state index contributed by atoms with van der Waals surface area (Å²) >= 11 is 12.9. The normalized spacial score (nSPS) is 11.0. The standard InChI is InChI=1S/C20H12Cl2FN3OS/c21-11-3-1-10(2-4-11)16-8-6-13-17(24)18(28-20(13)26-16)19(27)25-12-5-7-15(23)14(22)9-12/h1-9H,24H2,(H,25,27). The summed E-state index contributed by atoms with van der Waals surface area (Å²) in [5.74, 6) is -0.962. The third-order valence-corrected chi connectivity index (χ3v) is 5.77. The maximum atomic E-state index is 13.3. The molecule has 0 unspecified atom stereocenters. The van der Waals surface area contributed by atoms with E-state index < -0.39 is 11.7 Å². The van der Waals surface area contributed by atoms with Gasteiger partial charge in [-0.3, -0.25) is 4.79 Å². The average molecular weight is 432 g/mol. The molecule has 8 heteroatoms. The molecule has 2 aromatic heterocycles. The lowest BCUT2D eigenvalue weighted by atomic mass is 10.1. The first kappa shape index (κ1) is 18.7. The Hall–Kier alpha value is -2.67. The van der Waals surface area contributed by atoms with Gasteiger partial charge >= 0.3 is 0 Å². The van der Waals surface area contributed by atoms with Crippen LogP contribution in [-0.2, 0) is 0 Å². The number of halogens is 3. The van der Waals surface area contributed by atoms with Gasteiger partial charge in [0.05, 0.1) is 16.4 Å². The van der Waals surface area contributed by atoms with Crippen LogP contribution in [0.1, 0.15) is 9.67 Å². The monoisotopic (exact) mass is 431 g/mol. The fourth-order valence-electron chi connectivity index (χ4n) is 2.71. The Morgan fingerprint density at radius 3 is 2.54 bits per heavy atom. The van der Waals surface area contributed by atoms with E-state index in [4.69, 9.17) is 28.9 Å². The lowest BCUT2D eigenvalue weighted by Crippen LogP contribution is -2.12. The highest BCUT2D eigenvalue weighted by Crippen LogP contribution is 2.35. The molecule has 0 aliphatic rings. The molecule has 4 nitrogen and oxygen atoms in total. The van der Waals surface area contributed by atoms with Crippen LogP contribution in [0.5, 0.6) is 0 Å². The van der Waals surface area contributed by atoms with E-state index in [-0.39, 0.29) is 5.02 Å². The summed E-state index contributed by atoms with van der Waals surface area (Å²) in [6, 6.07) is 15.0. The molecule has 2 aromatic carbocycles. The van der Waals surface area contributed by atoms with Crippen molar-refractivity contribution in [3.63, 3.8) is 0 Å². The molecule has 140 valence electrons. The second-order valence-electron chi connectivity index (χ2n) is 5.98. The number of amides is 1. The molecule has 0 aliphatic carbocycles. The maximum Gasteiger partial charge on any atom is 0.267 e. The van der Waals surface area contributed by atoms with Crippen LogP contribution in [0.25, 0.3) is 21.5 Å². The number of rotatable bonds is 3. The van der Waals surface area contributed by atoms with Crippen LogP contribution in [0.4, 0.5) is 15.8 Å². The Kier molecular flexibility index (Phi) is 4.93. The molecule has 28 heavy (non-hydrogen) atoms. The molecule has 0 aliphatic heterocycles. The predicted octanol–water partition coefficient (Wildman–Crippen LogP) is 6.24. The number of carbonyl (C=O) groups excluding carboxylic acids is 1. The lowest BCUT2D eigenvalue weighted by molar-refractivity contribution is 0.103. The van der Waals surface area contributed by atoms with E-state index in [2.05, 4.69) is 10.3 Å². The van der Waals surface area contributed by atoms with Crippen molar-refractivity contribution >= 4 is 62.0 Å². The van der Waals surface area contributed by atoms with Gasteiger partial charge in [-0.15, -0.1) is 11.3 Å². The first-order valence-electron chi connectivity index (χ1n) is 8.14. The van der Waals surface area contributed by atoms with E-state index in [0.29, 0.717) is 31.5 Å². The van der Waals surface area contributed by atoms with Gasteiger partial charge in [0, 0.05) is 21.7 Å². The number of anilines is 2. The molecule has 0 bridgehead atoms. The Labute approximate surface area is 173 Å². The minimum absolute atomic E-state index is 0.0728. The molecule has 0 radical (unpaired) electrons. The molecule has 0 atom stereocenters. The molecule has 4 aromatic rings. The number of thiophene rings is 1. The topological polar surface area (TPSA) is 68.0 Å². The number of hydrogen-bond donors (Lipinski definition) is 2. The van der Waals surface area contributed by atoms with Gasteiger partial charge < -0.3 is 11.1 Å². The van der Waals surface area contributed by atoms with Crippen molar-refractivity contribution in [2.24, 2.45) is 0 Å². The van der Waals surface area contributed by atoms with Gasteiger partial charge in [0.15, 0.2) is 0 Å². The number of hydrogen-bond acceptors (Lipinski definition) is 4. The fraction of sp³-hybridized carbons (Fsp3) is 0. The molecule has 2 heterocycles. The van der Waals surface area contributed by atoms with E-state index in [1.165, 1.54) is 29.5 Å². The number of nitrogens with one attached hydrogen (secondary N) is 1. The third-order valence-electron chi connectivity index (χ3n) is 4.12. The number of fused-ring (bicyclic) bond motifs is 1. The minimum Gasteiger partial charge on any atom is -0.397 e. The number of benzene rings is 2.